The molecule has 0 radical (unpaired) electrons. The third kappa shape index (κ3) is 6.27. The van der Waals surface area contributed by atoms with E-state index in [1.807, 2.05) is 41.5 Å². The van der Waals surface area contributed by atoms with Crippen LogP contribution in [0.15, 0.2) is 114 Å². The molecule has 2 fully saturated rings. The quantitative estimate of drug-likeness (QED) is 0.130. The number of fused-ring (bicyclic) bond motifs is 1. The van der Waals surface area contributed by atoms with Gasteiger partial charge in [-0.1, -0.05) is 0 Å². The summed E-state index contributed by atoms with van der Waals surface area (Å²) in [7, 11) is -2.79. The first kappa shape index (κ1) is 34.1. The Kier molecular flexibility index (Phi) is 9.17. The predicted octanol–water partition coefficient (Wildman–Crippen LogP) is 6.72. The summed E-state index contributed by atoms with van der Waals surface area (Å²) in [5, 5.41) is 6.96. The number of hydrogen-bond donors (Lipinski definition) is 1. The number of piperazine rings is 1. The van der Waals surface area contributed by atoms with Crippen LogP contribution in [0.3, 0.4) is 0 Å². The SMILES string of the molecule is CC(C)(CC(C)(C)[PH](c1ccccc1)(c1ccccc1)c1ccccc1)OC(=O)c1cn(C2CC2)c2cc(N3CCNCC3)c(F)cc2c1=O. The molecule has 0 atom stereocenters. The second-order valence-electron chi connectivity index (χ2n) is 15.1. The van der Waals surface area contributed by atoms with E-state index in [0.29, 0.717) is 30.7 Å². The number of hydrogen-bond acceptors (Lipinski definition) is 5. The van der Waals surface area contributed by atoms with Crippen LogP contribution in [0.25, 0.3) is 10.9 Å². The van der Waals surface area contributed by atoms with Crippen LogP contribution >= 0.6 is 7.26 Å². The van der Waals surface area contributed by atoms with Crippen molar-refractivity contribution in [1.29, 1.82) is 0 Å². The number of esters is 1. The number of carbonyl (C=O) groups excluding carboxylic acids is 1. The van der Waals surface area contributed by atoms with Gasteiger partial charge in [-0.05, 0) is 0 Å². The zero-order chi connectivity index (χ0) is 35.1. The van der Waals surface area contributed by atoms with Gasteiger partial charge in [-0.15, -0.1) is 0 Å². The summed E-state index contributed by atoms with van der Waals surface area (Å²) in [6.07, 6.45) is 4.07. The molecule has 0 amide bonds. The maximum atomic E-state index is 15.6. The molecule has 50 heavy (non-hydrogen) atoms. The van der Waals surface area contributed by atoms with Gasteiger partial charge in [0.2, 0.25) is 0 Å². The average Bonchev–Trinajstić information content (AvgIpc) is 3.95. The second kappa shape index (κ2) is 13.4. The van der Waals surface area contributed by atoms with Crippen LogP contribution < -0.4 is 31.6 Å². The van der Waals surface area contributed by atoms with Crippen molar-refractivity contribution in [2.45, 2.75) is 63.8 Å². The number of halogens is 1. The first-order valence-corrected chi connectivity index (χ1v) is 19.8. The molecule has 1 aromatic heterocycles. The Morgan fingerprint density at radius 3 is 1.86 bits per heavy atom. The van der Waals surface area contributed by atoms with Crippen molar-refractivity contribution in [3.05, 3.63) is 131 Å². The molecule has 1 saturated heterocycles. The molecule has 8 heteroatoms. The van der Waals surface area contributed by atoms with E-state index in [4.69, 9.17) is 4.74 Å². The zero-order valence-electron chi connectivity index (χ0n) is 29.4. The monoisotopic (exact) mass is 691 g/mol. The van der Waals surface area contributed by atoms with Gasteiger partial charge in [0.15, 0.2) is 0 Å². The van der Waals surface area contributed by atoms with Crippen LogP contribution in [-0.2, 0) is 4.74 Å². The average molecular weight is 692 g/mol. The molecule has 0 bridgehead atoms. The van der Waals surface area contributed by atoms with Crippen molar-refractivity contribution in [2.75, 3.05) is 31.1 Å². The third-order valence-electron chi connectivity index (χ3n) is 10.6. The Bertz CT molecular complexity index is 1960. The summed E-state index contributed by atoms with van der Waals surface area (Å²) in [6.45, 7) is 11.4. The van der Waals surface area contributed by atoms with Crippen molar-refractivity contribution < 1.29 is 13.9 Å². The van der Waals surface area contributed by atoms with E-state index in [1.165, 1.54) is 22.0 Å². The number of carbonyl (C=O) groups is 1. The molecular formula is C42H47FN3O3P. The van der Waals surface area contributed by atoms with Crippen molar-refractivity contribution in [1.82, 2.24) is 9.88 Å². The van der Waals surface area contributed by atoms with Crippen LogP contribution in [-0.4, -0.2) is 47.5 Å². The third-order valence-corrected chi connectivity index (χ3v) is 16.4. The standard InChI is InChI=1S/C42H47FN3O3P/c1-41(2,29-42(3,4)50(31-14-8-5-9-15-31,32-16-10-6-11-17-32)33-18-12-7-13-19-33)49-40(48)35-28-46(30-20-21-30)37-27-38(45-24-22-44-23-25-45)36(43)26-34(37)39(35)47/h5-19,26-28,30,44,50H,20-25,29H2,1-4H3. The molecule has 7 rings (SSSR count). The number of nitrogens with zero attached hydrogens (tertiary/aromatic N) is 2. The maximum absolute atomic E-state index is 15.6. The minimum absolute atomic E-state index is 0.0534. The molecule has 2 heterocycles. The first-order valence-electron chi connectivity index (χ1n) is 17.8. The predicted molar refractivity (Wildman–Crippen MR) is 206 cm³/mol. The first-order chi connectivity index (χ1) is 24.0. The van der Waals surface area contributed by atoms with E-state index < -0.39 is 30.1 Å². The summed E-state index contributed by atoms with van der Waals surface area (Å²) in [5.41, 5.74) is -0.338. The summed E-state index contributed by atoms with van der Waals surface area (Å²) < 4.78 is 24.0. The molecule has 1 aliphatic carbocycles. The van der Waals surface area contributed by atoms with E-state index in [0.717, 1.165) is 25.9 Å². The van der Waals surface area contributed by atoms with Gasteiger partial charge in [0, 0.05) is 26.2 Å². The Hall–Kier alpha value is -4.32. The number of nitrogens with one attached hydrogen (secondary N) is 1. The van der Waals surface area contributed by atoms with Gasteiger partial charge in [0.25, 0.3) is 0 Å². The van der Waals surface area contributed by atoms with E-state index >= 15 is 4.39 Å². The molecule has 1 N–H and O–H groups in total. The Morgan fingerprint density at radius 2 is 1.36 bits per heavy atom. The van der Waals surface area contributed by atoms with Crippen molar-refractivity contribution in [3.8, 4) is 0 Å². The summed E-state index contributed by atoms with van der Waals surface area (Å²) in [6, 6.07) is 35.4. The molecule has 1 aliphatic heterocycles. The molecule has 6 nitrogen and oxygen atoms in total. The normalized spacial score (nSPS) is 16.0. The van der Waals surface area contributed by atoms with Crippen molar-refractivity contribution >= 4 is 45.7 Å². The molecule has 2 aliphatic rings. The topological polar surface area (TPSA) is 63.6 Å². The van der Waals surface area contributed by atoms with Gasteiger partial charge in [-0.2, -0.15) is 0 Å². The number of aromatic nitrogens is 1. The fraction of sp³-hybridized carbons (Fsp3) is 0.333. The fourth-order valence-electron chi connectivity index (χ4n) is 8.58. The van der Waals surface area contributed by atoms with Crippen LogP contribution in [0, 0.1) is 5.82 Å². The van der Waals surface area contributed by atoms with Gasteiger partial charge in [0.1, 0.15) is 0 Å². The minimum atomic E-state index is -2.79. The summed E-state index contributed by atoms with van der Waals surface area (Å²) in [4.78, 5) is 30.1. The van der Waals surface area contributed by atoms with Gasteiger partial charge < -0.3 is 5.32 Å². The number of pyridine rings is 1. The molecule has 1 saturated carbocycles. The summed E-state index contributed by atoms with van der Waals surface area (Å²) >= 11 is 0. The van der Waals surface area contributed by atoms with Gasteiger partial charge >= 0.3 is 264 Å². The molecule has 260 valence electrons. The fourth-order valence-corrected chi connectivity index (χ4v) is 14.7. The number of anilines is 1. The Morgan fingerprint density at radius 1 is 0.840 bits per heavy atom. The number of rotatable bonds is 10. The van der Waals surface area contributed by atoms with E-state index in [9.17, 15) is 9.59 Å². The van der Waals surface area contributed by atoms with Crippen molar-refractivity contribution in [2.24, 2.45) is 0 Å². The van der Waals surface area contributed by atoms with E-state index in [-0.39, 0.29) is 22.1 Å². The van der Waals surface area contributed by atoms with Crippen LogP contribution in [0.4, 0.5) is 10.1 Å². The number of ether oxygens (including phenoxy) is 1. The summed E-state index contributed by atoms with van der Waals surface area (Å²) in [5.74, 6) is -1.12. The van der Waals surface area contributed by atoms with Gasteiger partial charge in [-0.3, -0.25) is 0 Å². The molecule has 5 aromatic rings. The van der Waals surface area contributed by atoms with E-state index in [1.54, 1.807) is 12.3 Å². The Balaban J connectivity index is 1.27. The molecule has 0 unspecified atom stereocenters. The van der Waals surface area contributed by atoms with Gasteiger partial charge in [-0.25, -0.2) is 0 Å². The molecular weight excluding hydrogens is 644 g/mol. The van der Waals surface area contributed by atoms with E-state index in [2.05, 4.69) is 92.0 Å². The van der Waals surface area contributed by atoms with Gasteiger partial charge in [0.05, 0.1) is 0 Å². The van der Waals surface area contributed by atoms with Crippen LogP contribution in [0.2, 0.25) is 0 Å². The molecule has 4 aromatic carbocycles. The second-order valence-corrected chi connectivity index (χ2v) is 19.7. The Labute approximate surface area is 294 Å². The van der Waals surface area contributed by atoms with Crippen molar-refractivity contribution in [3.63, 3.8) is 0 Å². The zero-order valence-corrected chi connectivity index (χ0v) is 30.4. The van der Waals surface area contributed by atoms with Crippen LogP contribution in [0.5, 0.6) is 0 Å². The van der Waals surface area contributed by atoms with Crippen LogP contribution in [0.1, 0.15) is 63.4 Å². The molecule has 0 spiro atoms. The number of benzene rings is 4.